The van der Waals surface area contributed by atoms with Crippen LogP contribution in [0.2, 0.25) is 0 Å². The Hall–Kier alpha value is -3.18. The molecule has 4 rings (SSSR count). The monoisotopic (exact) mass is 345 g/mol. The molecule has 0 N–H and O–H groups in total. The van der Waals surface area contributed by atoms with E-state index >= 15 is 0 Å². The number of fused-ring (bicyclic) bond motifs is 1. The third-order valence-electron chi connectivity index (χ3n) is 4.38. The molecule has 0 aliphatic rings. The number of pyridine rings is 1. The van der Waals surface area contributed by atoms with Gasteiger partial charge in [0, 0.05) is 31.5 Å². The molecule has 0 aliphatic heterocycles. The standard InChI is InChI=1S/C21H19N3O2/c1-26-14-11-21(25)17-15-20(23-12-6-5-9-19(17)23)18-10-13-24(22-18)16-7-3-2-4-8-16/h2-10,12-13,15H,11,14H2,1H3. The lowest BCUT2D eigenvalue weighted by Crippen LogP contribution is -2.02. The van der Waals surface area contributed by atoms with Crippen molar-refractivity contribution in [1.82, 2.24) is 14.2 Å². The highest BCUT2D eigenvalue weighted by atomic mass is 16.5. The van der Waals surface area contributed by atoms with Gasteiger partial charge >= 0.3 is 0 Å². The Bertz CT molecular complexity index is 1050. The minimum Gasteiger partial charge on any atom is -0.384 e. The van der Waals surface area contributed by atoms with Crippen molar-refractivity contribution in [3.8, 4) is 17.1 Å². The first kappa shape index (κ1) is 16.3. The number of nitrogens with zero attached hydrogens (tertiary/aromatic N) is 3. The first-order valence-corrected chi connectivity index (χ1v) is 8.51. The van der Waals surface area contributed by atoms with Crippen LogP contribution in [0.3, 0.4) is 0 Å². The number of ether oxygens (including phenoxy) is 1. The first-order chi connectivity index (χ1) is 12.8. The van der Waals surface area contributed by atoms with Gasteiger partial charge in [0.15, 0.2) is 5.78 Å². The lowest BCUT2D eigenvalue weighted by molar-refractivity contribution is 0.0934. The number of para-hydroxylation sites is 1. The topological polar surface area (TPSA) is 48.5 Å². The molecule has 0 saturated heterocycles. The smallest absolute Gasteiger partial charge is 0.167 e. The molecule has 4 aromatic rings. The van der Waals surface area contributed by atoms with E-state index in [2.05, 4.69) is 0 Å². The summed E-state index contributed by atoms with van der Waals surface area (Å²) in [5, 5.41) is 4.70. The van der Waals surface area contributed by atoms with Crippen LogP contribution in [0.1, 0.15) is 16.8 Å². The van der Waals surface area contributed by atoms with Crippen molar-refractivity contribution in [3.05, 3.63) is 78.6 Å². The summed E-state index contributed by atoms with van der Waals surface area (Å²) in [6.45, 7) is 0.418. The fraction of sp³-hybridized carbons (Fsp3) is 0.143. The zero-order valence-corrected chi connectivity index (χ0v) is 14.5. The second-order valence-electron chi connectivity index (χ2n) is 6.05. The average Bonchev–Trinajstić information content (AvgIpc) is 3.32. The number of benzene rings is 1. The van der Waals surface area contributed by atoms with Crippen molar-refractivity contribution < 1.29 is 9.53 Å². The molecule has 3 heterocycles. The zero-order valence-electron chi connectivity index (χ0n) is 14.5. The van der Waals surface area contributed by atoms with E-state index in [-0.39, 0.29) is 5.78 Å². The van der Waals surface area contributed by atoms with Crippen LogP contribution in [0.4, 0.5) is 0 Å². The quantitative estimate of drug-likeness (QED) is 0.496. The summed E-state index contributed by atoms with van der Waals surface area (Å²) in [6, 6.07) is 19.7. The van der Waals surface area contributed by atoms with Crippen molar-refractivity contribution in [2.24, 2.45) is 0 Å². The van der Waals surface area contributed by atoms with Crippen molar-refractivity contribution in [1.29, 1.82) is 0 Å². The van der Waals surface area contributed by atoms with Gasteiger partial charge in [0.2, 0.25) is 0 Å². The Morgan fingerprint density at radius 1 is 1.04 bits per heavy atom. The lowest BCUT2D eigenvalue weighted by atomic mass is 10.1. The number of ketones is 1. The average molecular weight is 345 g/mol. The van der Waals surface area contributed by atoms with E-state index in [0.717, 1.165) is 22.6 Å². The van der Waals surface area contributed by atoms with Crippen LogP contribution in [-0.2, 0) is 4.74 Å². The Morgan fingerprint density at radius 2 is 1.85 bits per heavy atom. The number of Topliss-reactive ketones (excluding diaryl/α,β-unsaturated/α-hetero) is 1. The van der Waals surface area contributed by atoms with Gasteiger partial charge in [0.05, 0.1) is 23.5 Å². The predicted molar refractivity (Wildman–Crippen MR) is 101 cm³/mol. The highest BCUT2D eigenvalue weighted by Crippen LogP contribution is 2.26. The molecule has 0 amide bonds. The Morgan fingerprint density at radius 3 is 2.65 bits per heavy atom. The number of aromatic nitrogens is 3. The molecular formula is C21H19N3O2. The largest absolute Gasteiger partial charge is 0.384 e. The Labute approximate surface area is 151 Å². The third-order valence-corrected chi connectivity index (χ3v) is 4.38. The van der Waals surface area contributed by atoms with E-state index in [4.69, 9.17) is 9.84 Å². The third kappa shape index (κ3) is 2.93. The van der Waals surface area contributed by atoms with Crippen LogP contribution in [-0.4, -0.2) is 33.7 Å². The van der Waals surface area contributed by atoms with Gasteiger partial charge in [0.1, 0.15) is 5.69 Å². The van der Waals surface area contributed by atoms with Crippen LogP contribution in [0.5, 0.6) is 0 Å². The maximum Gasteiger partial charge on any atom is 0.167 e. The molecule has 0 bridgehead atoms. The summed E-state index contributed by atoms with van der Waals surface area (Å²) in [5.74, 6) is 0.0734. The molecule has 0 spiro atoms. The van der Waals surface area contributed by atoms with E-state index in [0.29, 0.717) is 18.6 Å². The van der Waals surface area contributed by atoms with E-state index in [1.807, 2.05) is 82.1 Å². The summed E-state index contributed by atoms with van der Waals surface area (Å²) in [5.41, 5.74) is 4.30. The van der Waals surface area contributed by atoms with E-state index < -0.39 is 0 Å². The van der Waals surface area contributed by atoms with E-state index in [1.54, 1.807) is 7.11 Å². The molecule has 0 unspecified atom stereocenters. The van der Waals surface area contributed by atoms with Crippen LogP contribution in [0, 0.1) is 0 Å². The molecule has 0 saturated carbocycles. The van der Waals surface area contributed by atoms with E-state index in [1.165, 1.54) is 0 Å². The summed E-state index contributed by atoms with van der Waals surface area (Å²) in [4.78, 5) is 12.6. The molecule has 0 fully saturated rings. The minimum atomic E-state index is 0.0734. The van der Waals surface area contributed by atoms with Crippen molar-refractivity contribution in [3.63, 3.8) is 0 Å². The van der Waals surface area contributed by atoms with Crippen LogP contribution < -0.4 is 0 Å². The normalized spacial score (nSPS) is 11.1. The number of carbonyl (C=O) groups excluding carboxylic acids is 1. The van der Waals surface area contributed by atoms with Crippen LogP contribution >= 0.6 is 0 Å². The van der Waals surface area contributed by atoms with Gasteiger partial charge in [-0.25, -0.2) is 4.68 Å². The number of methoxy groups -OCH3 is 1. The lowest BCUT2D eigenvalue weighted by Gasteiger charge is -2.01. The van der Waals surface area contributed by atoms with Gasteiger partial charge in [-0.3, -0.25) is 4.79 Å². The molecule has 5 heteroatoms. The molecular weight excluding hydrogens is 326 g/mol. The number of hydrogen-bond donors (Lipinski definition) is 0. The maximum absolute atomic E-state index is 12.6. The number of carbonyl (C=O) groups is 1. The van der Waals surface area contributed by atoms with Crippen LogP contribution in [0.25, 0.3) is 22.6 Å². The Kier molecular flexibility index (Phi) is 4.37. The highest BCUT2D eigenvalue weighted by molar-refractivity contribution is 6.04. The molecule has 1 aromatic carbocycles. The molecule has 5 nitrogen and oxygen atoms in total. The van der Waals surface area contributed by atoms with Crippen molar-refractivity contribution >= 4 is 11.3 Å². The predicted octanol–water partition coefficient (Wildman–Crippen LogP) is 4.01. The maximum atomic E-state index is 12.6. The number of hydrogen-bond acceptors (Lipinski definition) is 3. The zero-order chi connectivity index (χ0) is 17.9. The second kappa shape index (κ2) is 6.98. The van der Waals surface area contributed by atoms with Gasteiger partial charge in [0.25, 0.3) is 0 Å². The molecule has 130 valence electrons. The fourth-order valence-electron chi connectivity index (χ4n) is 3.09. The Balaban J connectivity index is 1.78. The minimum absolute atomic E-state index is 0.0734. The van der Waals surface area contributed by atoms with Crippen LogP contribution in [0.15, 0.2) is 73.1 Å². The SMILES string of the molecule is COCCC(=O)c1cc(-c2ccn(-c3ccccc3)n2)n2ccccc12. The first-order valence-electron chi connectivity index (χ1n) is 8.51. The summed E-state index contributed by atoms with van der Waals surface area (Å²) >= 11 is 0. The van der Waals surface area contributed by atoms with Crippen molar-refractivity contribution in [2.45, 2.75) is 6.42 Å². The van der Waals surface area contributed by atoms with Gasteiger partial charge in [-0.15, -0.1) is 0 Å². The fourth-order valence-corrected chi connectivity index (χ4v) is 3.09. The highest BCUT2D eigenvalue weighted by Gasteiger charge is 2.17. The van der Waals surface area contributed by atoms with Gasteiger partial charge < -0.3 is 9.14 Å². The van der Waals surface area contributed by atoms with E-state index in [9.17, 15) is 4.79 Å². The molecule has 3 aromatic heterocycles. The second-order valence-corrected chi connectivity index (χ2v) is 6.05. The van der Waals surface area contributed by atoms with Gasteiger partial charge in [-0.2, -0.15) is 5.10 Å². The van der Waals surface area contributed by atoms with Gasteiger partial charge in [-0.1, -0.05) is 24.3 Å². The number of rotatable bonds is 6. The molecule has 0 radical (unpaired) electrons. The molecule has 0 atom stereocenters. The van der Waals surface area contributed by atoms with Crippen molar-refractivity contribution in [2.75, 3.05) is 13.7 Å². The summed E-state index contributed by atoms with van der Waals surface area (Å²) in [6.07, 6.45) is 4.25. The summed E-state index contributed by atoms with van der Waals surface area (Å²) < 4.78 is 8.90. The molecule has 0 aliphatic carbocycles. The summed E-state index contributed by atoms with van der Waals surface area (Å²) in [7, 11) is 1.60. The van der Waals surface area contributed by atoms with Gasteiger partial charge in [-0.05, 0) is 36.4 Å². The molecule has 26 heavy (non-hydrogen) atoms.